The van der Waals surface area contributed by atoms with Gasteiger partial charge in [0.2, 0.25) is 0 Å². The van der Waals surface area contributed by atoms with Crippen LogP contribution in [0, 0.1) is 12.7 Å². The average Bonchev–Trinajstić information content (AvgIpc) is 2.78. The van der Waals surface area contributed by atoms with Gasteiger partial charge in [0, 0.05) is 42.0 Å². The molecule has 3 N–H and O–H groups in total. The van der Waals surface area contributed by atoms with Gasteiger partial charge in [0.1, 0.15) is 5.82 Å². The maximum Gasteiger partial charge on any atom is 0.261 e. The van der Waals surface area contributed by atoms with Gasteiger partial charge >= 0.3 is 0 Å². The lowest BCUT2D eigenvalue weighted by atomic mass is 9.95. The first kappa shape index (κ1) is 24.8. The number of nitrogens with zero attached hydrogens (tertiary/aromatic N) is 2. The Kier molecular flexibility index (Phi) is 8.43. The largest absolute Gasteiger partial charge is 0.412 e. The first-order chi connectivity index (χ1) is 13.6. The van der Waals surface area contributed by atoms with Crippen LogP contribution in [0.25, 0.3) is 0 Å². The number of likely N-dealkylation sites (N-methyl/N-ethyl adjacent to an activating group) is 1. The Bertz CT molecular complexity index is 969. The van der Waals surface area contributed by atoms with Crippen LogP contribution in [0.3, 0.4) is 0 Å². The minimum Gasteiger partial charge on any atom is -0.412 e. The normalized spacial score (nSPS) is 19.4. The summed E-state index contributed by atoms with van der Waals surface area (Å²) in [4.78, 5) is 7.30. The van der Waals surface area contributed by atoms with E-state index in [-0.39, 0.29) is 11.3 Å². The van der Waals surface area contributed by atoms with Crippen molar-refractivity contribution in [2.75, 3.05) is 39.5 Å². The molecule has 2 aromatic carbocycles. The third-order valence-electron chi connectivity index (χ3n) is 5.23. The summed E-state index contributed by atoms with van der Waals surface area (Å²) in [6.07, 6.45) is 1.72. The van der Waals surface area contributed by atoms with Crippen molar-refractivity contribution < 1.29 is 22.8 Å². The highest BCUT2D eigenvalue weighted by molar-refractivity contribution is 7.99. The molecule has 0 spiro atoms. The van der Waals surface area contributed by atoms with Crippen LogP contribution in [0.1, 0.15) is 22.7 Å². The number of fused-ring (bicyclic) bond motifs is 2. The summed E-state index contributed by atoms with van der Waals surface area (Å²) < 4.78 is 40.1. The average molecular weight is 457 g/mol. The summed E-state index contributed by atoms with van der Waals surface area (Å²) >= 11 is 1.72. The molecule has 1 atom stereocenters. The molecule has 2 aliphatic heterocycles. The van der Waals surface area contributed by atoms with Gasteiger partial charge in [-0.25, -0.2) is 4.39 Å². The Morgan fingerprint density at radius 1 is 1.10 bits per heavy atom. The van der Waals surface area contributed by atoms with Crippen molar-refractivity contribution in [3.8, 4) is 0 Å². The van der Waals surface area contributed by atoms with Gasteiger partial charge < -0.3 is 10.4 Å². The summed E-state index contributed by atoms with van der Waals surface area (Å²) in [6.45, 7) is 6.22. The van der Waals surface area contributed by atoms with Gasteiger partial charge in [0.25, 0.3) is 10.1 Å². The molecular formula is C21H29FN2O4S2. The van der Waals surface area contributed by atoms with E-state index in [0.29, 0.717) is 12.3 Å². The summed E-state index contributed by atoms with van der Waals surface area (Å²) in [5, 5.41) is 0. The number of aryl methyl sites for hydroxylation is 1. The summed E-state index contributed by atoms with van der Waals surface area (Å²) in [6, 6.07) is 12.7. The summed E-state index contributed by atoms with van der Waals surface area (Å²) in [7, 11) is -1.48. The van der Waals surface area contributed by atoms with Crippen molar-refractivity contribution in [3.63, 3.8) is 0 Å². The van der Waals surface area contributed by atoms with E-state index in [4.69, 9.17) is 4.55 Å². The molecule has 2 aromatic rings. The first-order valence-electron chi connectivity index (χ1n) is 9.52. The van der Waals surface area contributed by atoms with Gasteiger partial charge in [0.15, 0.2) is 0 Å². The molecule has 2 heterocycles. The minimum absolute atomic E-state index is 0. The van der Waals surface area contributed by atoms with Crippen LogP contribution in [-0.4, -0.2) is 67.7 Å². The molecule has 4 rings (SSSR count). The van der Waals surface area contributed by atoms with E-state index in [0.717, 1.165) is 43.1 Å². The van der Waals surface area contributed by atoms with Crippen LogP contribution in [0.15, 0.2) is 46.2 Å². The predicted octanol–water partition coefficient (Wildman–Crippen LogP) is 2.81. The monoisotopic (exact) mass is 456 g/mol. The highest BCUT2D eigenvalue weighted by Gasteiger charge is 2.29. The van der Waals surface area contributed by atoms with E-state index < -0.39 is 10.1 Å². The van der Waals surface area contributed by atoms with Crippen LogP contribution in [0.5, 0.6) is 0 Å². The van der Waals surface area contributed by atoms with Crippen LogP contribution < -0.4 is 0 Å². The van der Waals surface area contributed by atoms with E-state index in [9.17, 15) is 12.8 Å². The maximum absolute atomic E-state index is 14.2. The third kappa shape index (κ3) is 6.50. The van der Waals surface area contributed by atoms with E-state index in [1.54, 1.807) is 17.8 Å². The van der Waals surface area contributed by atoms with Gasteiger partial charge in [-0.05, 0) is 49.2 Å². The van der Waals surface area contributed by atoms with Gasteiger partial charge in [-0.1, -0.05) is 36.0 Å². The molecule has 6 nitrogen and oxygen atoms in total. The maximum atomic E-state index is 14.2. The smallest absolute Gasteiger partial charge is 0.261 e. The molecule has 30 heavy (non-hydrogen) atoms. The SMILES string of the molecule is CS(=O)(=O)O.Cc1cc2c(cc1F)Sc1ccccc1CC2N1CCN(C)CC1.O. The first-order valence-corrected chi connectivity index (χ1v) is 12.2. The molecule has 2 aliphatic rings. The van der Waals surface area contributed by atoms with Crippen molar-refractivity contribution in [2.24, 2.45) is 0 Å². The predicted molar refractivity (Wildman–Crippen MR) is 118 cm³/mol. The number of benzene rings is 2. The van der Waals surface area contributed by atoms with Crippen molar-refractivity contribution in [2.45, 2.75) is 29.2 Å². The standard InChI is InChI=1S/C20H23FN2S.CH4O3S.H2O/c1-14-11-16-18(23-9-7-22(2)8-10-23)12-15-5-3-4-6-19(15)24-20(16)13-17(14)21;1-5(2,3)4;/h3-6,11,13,18H,7-10,12H2,1-2H3;1H3,(H,2,3,4);1H2. The second-order valence-corrected chi connectivity index (χ2v) is 10.2. The van der Waals surface area contributed by atoms with Crippen LogP contribution in [0.4, 0.5) is 4.39 Å². The molecule has 1 unspecified atom stereocenters. The highest BCUT2D eigenvalue weighted by Crippen LogP contribution is 2.43. The zero-order chi connectivity index (χ0) is 21.2. The Morgan fingerprint density at radius 3 is 2.33 bits per heavy atom. The highest BCUT2D eigenvalue weighted by atomic mass is 32.2. The molecule has 0 radical (unpaired) electrons. The number of piperazine rings is 1. The molecule has 1 fully saturated rings. The van der Waals surface area contributed by atoms with Gasteiger partial charge in [-0.3, -0.25) is 9.45 Å². The van der Waals surface area contributed by atoms with Gasteiger partial charge in [-0.2, -0.15) is 8.42 Å². The summed E-state index contributed by atoms with van der Waals surface area (Å²) in [5.41, 5.74) is 3.42. The Balaban J connectivity index is 0.000000482. The lowest BCUT2D eigenvalue weighted by Gasteiger charge is -2.38. The Labute approximate surface area is 182 Å². The Hall–Kier alpha value is -1.49. The van der Waals surface area contributed by atoms with Crippen molar-refractivity contribution in [1.29, 1.82) is 0 Å². The molecule has 0 bridgehead atoms. The topological polar surface area (TPSA) is 92.4 Å². The molecule has 0 saturated carbocycles. The quantitative estimate of drug-likeness (QED) is 0.664. The van der Waals surface area contributed by atoms with E-state index in [1.165, 1.54) is 16.0 Å². The molecule has 9 heteroatoms. The lowest BCUT2D eigenvalue weighted by molar-refractivity contribution is 0.110. The fourth-order valence-electron chi connectivity index (χ4n) is 3.70. The lowest BCUT2D eigenvalue weighted by Crippen LogP contribution is -2.46. The van der Waals surface area contributed by atoms with E-state index in [1.807, 2.05) is 6.92 Å². The number of halogens is 1. The number of rotatable bonds is 1. The van der Waals surface area contributed by atoms with Crippen molar-refractivity contribution in [1.82, 2.24) is 9.80 Å². The zero-order valence-electron chi connectivity index (χ0n) is 17.4. The fourth-order valence-corrected chi connectivity index (χ4v) is 4.84. The summed E-state index contributed by atoms with van der Waals surface area (Å²) in [5.74, 6) is -0.0993. The Morgan fingerprint density at radius 2 is 1.70 bits per heavy atom. The molecular weight excluding hydrogens is 427 g/mol. The van der Waals surface area contributed by atoms with Crippen LogP contribution in [0.2, 0.25) is 0 Å². The second-order valence-electron chi connectivity index (χ2n) is 7.64. The molecule has 0 amide bonds. The van der Waals surface area contributed by atoms with Crippen LogP contribution in [-0.2, 0) is 16.5 Å². The molecule has 166 valence electrons. The fraction of sp³-hybridized carbons (Fsp3) is 0.429. The number of hydrogen-bond acceptors (Lipinski definition) is 5. The van der Waals surface area contributed by atoms with Crippen molar-refractivity contribution in [3.05, 3.63) is 58.9 Å². The second kappa shape index (κ2) is 10.2. The molecule has 1 saturated heterocycles. The third-order valence-corrected chi connectivity index (χ3v) is 6.43. The minimum atomic E-state index is -3.67. The van der Waals surface area contributed by atoms with E-state index >= 15 is 0 Å². The van der Waals surface area contributed by atoms with Gasteiger partial charge in [0.05, 0.1) is 6.26 Å². The van der Waals surface area contributed by atoms with E-state index in [2.05, 4.69) is 47.2 Å². The molecule has 0 aliphatic carbocycles. The number of hydrogen-bond donors (Lipinski definition) is 1. The molecule has 0 aromatic heterocycles. The van der Waals surface area contributed by atoms with Crippen LogP contribution >= 0.6 is 11.8 Å². The zero-order valence-corrected chi connectivity index (χ0v) is 19.1. The van der Waals surface area contributed by atoms with Crippen molar-refractivity contribution >= 4 is 21.9 Å². The van der Waals surface area contributed by atoms with Gasteiger partial charge in [-0.15, -0.1) is 0 Å².